The lowest BCUT2D eigenvalue weighted by molar-refractivity contribution is 0.0252. The zero-order chi connectivity index (χ0) is 23.7. The van der Waals surface area contributed by atoms with Crippen LogP contribution in [0.1, 0.15) is 0 Å². The Labute approximate surface area is 201 Å². The van der Waals surface area contributed by atoms with Gasteiger partial charge < -0.3 is 24.0 Å². The summed E-state index contributed by atoms with van der Waals surface area (Å²) in [6.07, 6.45) is -1.08. The molecule has 0 spiro atoms. The zero-order valence-electron chi connectivity index (χ0n) is 18.3. The predicted octanol–water partition coefficient (Wildman–Crippen LogP) is 6.08. The van der Waals surface area contributed by atoms with E-state index in [-0.39, 0.29) is 6.10 Å². The number of rotatable bonds is 6. The van der Waals surface area contributed by atoms with Gasteiger partial charge in [0.15, 0.2) is 5.76 Å². The molecule has 1 amide bonds. The van der Waals surface area contributed by atoms with Gasteiger partial charge in [-0.25, -0.2) is 4.79 Å². The Morgan fingerprint density at radius 2 is 1.65 bits per heavy atom. The van der Waals surface area contributed by atoms with Gasteiger partial charge in [0, 0.05) is 11.1 Å². The van der Waals surface area contributed by atoms with Gasteiger partial charge in [0.05, 0.1) is 30.8 Å². The molecule has 2 heterocycles. The first-order valence-corrected chi connectivity index (χ1v) is 11.0. The van der Waals surface area contributed by atoms with Crippen LogP contribution in [0.25, 0.3) is 33.7 Å². The number of amides is 1. The molecule has 5 rings (SSSR count). The minimum atomic E-state index is -0.930. The molecule has 0 aliphatic carbocycles. The van der Waals surface area contributed by atoms with E-state index in [1.807, 2.05) is 72.8 Å². The number of hydrogen-bond acceptors (Lipinski definition) is 5. The first kappa shape index (κ1) is 21.9. The van der Waals surface area contributed by atoms with Gasteiger partial charge in [0.2, 0.25) is 0 Å². The topological polar surface area (TPSA) is 85.0 Å². The Bertz CT molecular complexity index is 1310. The summed E-state index contributed by atoms with van der Waals surface area (Å²) in [4.78, 5) is 12.3. The smallest absolute Gasteiger partial charge is 0.407 e. The molecule has 7 nitrogen and oxygen atoms in total. The van der Waals surface area contributed by atoms with Crippen LogP contribution in [-0.2, 0) is 0 Å². The Morgan fingerprint density at radius 1 is 1.00 bits per heavy atom. The number of halogens is 1. The molecule has 34 heavy (non-hydrogen) atoms. The first-order chi connectivity index (χ1) is 16.5. The van der Waals surface area contributed by atoms with E-state index in [4.69, 9.17) is 30.7 Å². The van der Waals surface area contributed by atoms with Crippen LogP contribution in [0, 0.1) is 0 Å². The average Bonchev–Trinajstić information content (AvgIpc) is 3.26. The van der Waals surface area contributed by atoms with Crippen molar-refractivity contribution in [1.82, 2.24) is 10.1 Å². The molecule has 0 atom stereocenters. The highest BCUT2D eigenvalue weighted by atomic mass is 35.5. The number of carboxylic acid groups (broad SMARTS) is 1. The van der Waals surface area contributed by atoms with Crippen LogP contribution < -0.4 is 9.47 Å². The third kappa shape index (κ3) is 4.18. The van der Waals surface area contributed by atoms with Gasteiger partial charge in [-0.2, -0.15) is 0 Å². The lowest BCUT2D eigenvalue weighted by Gasteiger charge is -2.36. The Kier molecular flexibility index (Phi) is 5.86. The summed E-state index contributed by atoms with van der Waals surface area (Å²) in [7, 11) is 1.62. The van der Waals surface area contributed by atoms with E-state index in [2.05, 4.69) is 5.16 Å². The Morgan fingerprint density at radius 3 is 2.29 bits per heavy atom. The standard InChI is InChI=1S/C26H21ClN2O5/c1-32-18-10-8-17(9-11-18)25-23(24(28-34-25)21-4-2-3-5-22(21)27)16-6-12-19(13-7-16)33-20-14-29(15-20)26(30)31/h2-13,20H,14-15H2,1H3,(H,30,31). The molecular weight excluding hydrogens is 456 g/mol. The summed E-state index contributed by atoms with van der Waals surface area (Å²) < 4.78 is 17.0. The van der Waals surface area contributed by atoms with E-state index < -0.39 is 6.09 Å². The van der Waals surface area contributed by atoms with Gasteiger partial charge >= 0.3 is 6.09 Å². The Balaban J connectivity index is 1.50. The molecule has 0 bridgehead atoms. The van der Waals surface area contributed by atoms with Crippen LogP contribution in [0.5, 0.6) is 11.5 Å². The fourth-order valence-electron chi connectivity index (χ4n) is 3.90. The normalized spacial score (nSPS) is 13.4. The highest BCUT2D eigenvalue weighted by Crippen LogP contribution is 2.42. The number of hydrogen-bond donors (Lipinski definition) is 1. The van der Waals surface area contributed by atoms with E-state index in [1.54, 1.807) is 7.11 Å². The second kappa shape index (κ2) is 9.11. The molecule has 1 fully saturated rings. The van der Waals surface area contributed by atoms with Crippen LogP contribution in [0.3, 0.4) is 0 Å². The minimum absolute atomic E-state index is 0.147. The van der Waals surface area contributed by atoms with Crippen molar-refractivity contribution in [2.75, 3.05) is 20.2 Å². The minimum Gasteiger partial charge on any atom is -0.497 e. The molecule has 8 heteroatoms. The summed E-state index contributed by atoms with van der Waals surface area (Å²) in [6, 6.07) is 22.7. The number of likely N-dealkylation sites (tertiary alicyclic amines) is 1. The van der Waals surface area contributed by atoms with Crippen molar-refractivity contribution in [3.05, 3.63) is 77.8 Å². The van der Waals surface area contributed by atoms with Gasteiger partial charge in [-0.3, -0.25) is 0 Å². The van der Waals surface area contributed by atoms with Crippen LogP contribution >= 0.6 is 11.6 Å². The van der Waals surface area contributed by atoms with Crippen molar-refractivity contribution in [3.8, 4) is 45.2 Å². The summed E-state index contributed by atoms with van der Waals surface area (Å²) in [5.74, 6) is 2.03. The fourth-order valence-corrected chi connectivity index (χ4v) is 4.12. The lowest BCUT2D eigenvalue weighted by atomic mass is 9.96. The molecular formula is C26H21ClN2O5. The third-order valence-electron chi connectivity index (χ3n) is 5.74. The van der Waals surface area contributed by atoms with Crippen molar-refractivity contribution in [2.45, 2.75) is 6.10 Å². The maximum absolute atomic E-state index is 11.0. The molecule has 3 aromatic carbocycles. The van der Waals surface area contributed by atoms with Crippen LogP contribution in [0.4, 0.5) is 4.79 Å². The maximum Gasteiger partial charge on any atom is 0.407 e. The van der Waals surface area contributed by atoms with Crippen LogP contribution in [0.15, 0.2) is 77.3 Å². The van der Waals surface area contributed by atoms with Crippen molar-refractivity contribution in [3.63, 3.8) is 0 Å². The molecule has 0 saturated carbocycles. The Hall–Kier alpha value is -3.97. The molecule has 1 aliphatic rings. The summed E-state index contributed by atoms with van der Waals surface area (Å²) in [5.41, 5.74) is 3.96. The monoisotopic (exact) mass is 476 g/mol. The second-order valence-electron chi connectivity index (χ2n) is 7.90. The summed E-state index contributed by atoms with van der Waals surface area (Å²) in [5, 5.41) is 13.9. The van der Waals surface area contributed by atoms with Crippen molar-refractivity contribution >= 4 is 17.7 Å². The molecule has 0 radical (unpaired) electrons. The van der Waals surface area contributed by atoms with E-state index >= 15 is 0 Å². The van der Waals surface area contributed by atoms with Gasteiger partial charge in [0.25, 0.3) is 0 Å². The molecule has 4 aromatic rings. The van der Waals surface area contributed by atoms with Crippen molar-refractivity contribution in [2.24, 2.45) is 0 Å². The van der Waals surface area contributed by atoms with Gasteiger partial charge in [0.1, 0.15) is 23.3 Å². The van der Waals surface area contributed by atoms with Gasteiger partial charge in [-0.15, -0.1) is 0 Å². The largest absolute Gasteiger partial charge is 0.497 e. The number of methoxy groups -OCH3 is 1. The highest BCUT2D eigenvalue weighted by Gasteiger charge is 2.32. The van der Waals surface area contributed by atoms with Crippen molar-refractivity contribution < 1.29 is 23.9 Å². The van der Waals surface area contributed by atoms with E-state index in [1.165, 1.54) is 4.90 Å². The lowest BCUT2D eigenvalue weighted by Crippen LogP contribution is -2.55. The maximum atomic E-state index is 11.0. The third-order valence-corrected chi connectivity index (χ3v) is 6.07. The fraction of sp³-hybridized carbons (Fsp3) is 0.154. The first-order valence-electron chi connectivity index (χ1n) is 10.7. The van der Waals surface area contributed by atoms with Crippen molar-refractivity contribution in [1.29, 1.82) is 0 Å². The number of benzene rings is 3. The van der Waals surface area contributed by atoms with Gasteiger partial charge in [-0.1, -0.05) is 47.1 Å². The molecule has 1 aromatic heterocycles. The SMILES string of the molecule is COc1ccc(-c2onc(-c3ccccc3Cl)c2-c2ccc(OC3CN(C(=O)O)C3)cc2)cc1. The summed E-state index contributed by atoms with van der Waals surface area (Å²) in [6.45, 7) is 0.724. The zero-order valence-corrected chi connectivity index (χ0v) is 19.0. The molecule has 1 aliphatic heterocycles. The van der Waals surface area contributed by atoms with Crippen LogP contribution in [-0.4, -0.2) is 47.6 Å². The molecule has 1 saturated heterocycles. The van der Waals surface area contributed by atoms with Crippen LogP contribution in [0.2, 0.25) is 5.02 Å². The van der Waals surface area contributed by atoms with E-state index in [0.29, 0.717) is 35.3 Å². The molecule has 0 unspecified atom stereocenters. The van der Waals surface area contributed by atoms with E-state index in [0.717, 1.165) is 28.0 Å². The molecule has 1 N–H and O–H groups in total. The number of nitrogens with zero attached hydrogens (tertiary/aromatic N) is 2. The summed E-state index contributed by atoms with van der Waals surface area (Å²) >= 11 is 6.49. The number of ether oxygens (including phenoxy) is 2. The number of carbonyl (C=O) groups is 1. The predicted molar refractivity (Wildman–Crippen MR) is 128 cm³/mol. The quantitative estimate of drug-likeness (QED) is 0.363. The highest BCUT2D eigenvalue weighted by molar-refractivity contribution is 6.33. The van der Waals surface area contributed by atoms with Gasteiger partial charge in [-0.05, 0) is 48.0 Å². The number of aromatic nitrogens is 1. The second-order valence-corrected chi connectivity index (χ2v) is 8.30. The van der Waals surface area contributed by atoms with E-state index in [9.17, 15) is 4.79 Å². The molecule has 172 valence electrons. The average molecular weight is 477 g/mol.